The number of halogens is 4. The molecule has 37 heavy (non-hydrogen) atoms. The quantitative estimate of drug-likeness (QED) is 0.374. The average molecular weight is 512 g/mol. The zero-order chi connectivity index (χ0) is 26.3. The molecule has 1 atom stereocenters. The number of hydrogen-bond donors (Lipinski definition) is 0. The fourth-order valence-electron chi connectivity index (χ4n) is 4.95. The predicted octanol–water partition coefficient (Wildman–Crippen LogP) is 4.13. The number of benzene rings is 2. The van der Waals surface area contributed by atoms with Crippen LogP contribution in [0.4, 0.5) is 23.2 Å². The summed E-state index contributed by atoms with van der Waals surface area (Å²) in [7, 11) is 1.41. The fraction of sp³-hybridized carbons (Fsp3) is 0.280. The Balaban J connectivity index is 1.61. The molecule has 3 heterocycles. The minimum atomic E-state index is -4.73. The SMILES string of the molecule is COc1cccc2c1n(Cc1cncnc1C(F)(F)F)c(=O)n2[C@@H]1CCN(c2c(F)cccc2C#N)C1. The summed E-state index contributed by atoms with van der Waals surface area (Å²) in [4.78, 5) is 22.6. The van der Waals surface area contributed by atoms with Gasteiger partial charge in [0.15, 0.2) is 5.69 Å². The predicted molar refractivity (Wildman–Crippen MR) is 126 cm³/mol. The normalized spacial score (nSPS) is 15.8. The van der Waals surface area contributed by atoms with Crippen LogP contribution in [0, 0.1) is 17.1 Å². The molecule has 0 N–H and O–H groups in total. The number of ether oxygens (including phenoxy) is 1. The van der Waals surface area contributed by atoms with Gasteiger partial charge in [-0.3, -0.25) is 9.13 Å². The minimum absolute atomic E-state index is 0.165. The van der Waals surface area contributed by atoms with Gasteiger partial charge in [0.2, 0.25) is 0 Å². The molecule has 1 aliphatic rings. The van der Waals surface area contributed by atoms with E-state index in [2.05, 4.69) is 9.97 Å². The van der Waals surface area contributed by atoms with E-state index in [9.17, 15) is 27.6 Å². The van der Waals surface area contributed by atoms with Crippen LogP contribution in [0.5, 0.6) is 5.75 Å². The van der Waals surface area contributed by atoms with Crippen LogP contribution in [0.3, 0.4) is 0 Å². The number of nitriles is 1. The van der Waals surface area contributed by atoms with Crippen molar-refractivity contribution >= 4 is 16.7 Å². The lowest BCUT2D eigenvalue weighted by atomic mass is 10.1. The lowest BCUT2D eigenvalue weighted by molar-refractivity contribution is -0.142. The van der Waals surface area contributed by atoms with Gasteiger partial charge in [0, 0.05) is 24.8 Å². The van der Waals surface area contributed by atoms with Crippen molar-refractivity contribution in [2.45, 2.75) is 25.2 Å². The highest BCUT2D eigenvalue weighted by Gasteiger charge is 2.36. The first-order valence-electron chi connectivity index (χ1n) is 11.3. The first-order valence-corrected chi connectivity index (χ1v) is 11.3. The van der Waals surface area contributed by atoms with E-state index in [4.69, 9.17) is 4.74 Å². The molecular formula is C25H20F4N6O2. The van der Waals surface area contributed by atoms with Gasteiger partial charge in [0.1, 0.15) is 29.5 Å². The summed E-state index contributed by atoms with van der Waals surface area (Å²) >= 11 is 0. The number of nitrogens with zero attached hydrogens (tertiary/aromatic N) is 6. The highest BCUT2D eigenvalue weighted by atomic mass is 19.4. The fourth-order valence-corrected chi connectivity index (χ4v) is 4.95. The lowest BCUT2D eigenvalue weighted by Gasteiger charge is -2.21. The van der Waals surface area contributed by atoms with Crippen LogP contribution < -0.4 is 15.3 Å². The molecule has 0 radical (unpaired) electrons. The number of aromatic nitrogens is 4. The number of rotatable bonds is 5. The average Bonchev–Trinajstić information content (AvgIpc) is 3.45. The molecule has 0 bridgehead atoms. The van der Waals surface area contributed by atoms with Gasteiger partial charge in [-0.2, -0.15) is 18.4 Å². The van der Waals surface area contributed by atoms with Crippen LogP contribution in [-0.2, 0) is 12.7 Å². The zero-order valence-electron chi connectivity index (χ0n) is 19.5. The highest BCUT2D eigenvalue weighted by Crippen LogP contribution is 2.35. The number of hydrogen-bond acceptors (Lipinski definition) is 6. The molecule has 2 aromatic heterocycles. The van der Waals surface area contributed by atoms with E-state index in [1.807, 2.05) is 6.07 Å². The van der Waals surface area contributed by atoms with Crippen molar-refractivity contribution in [3.63, 3.8) is 0 Å². The number of imidazole rings is 1. The summed E-state index contributed by atoms with van der Waals surface area (Å²) in [6.07, 6.45) is -2.42. The summed E-state index contributed by atoms with van der Waals surface area (Å²) in [5.41, 5.74) is -0.790. The number of alkyl halides is 3. The summed E-state index contributed by atoms with van der Waals surface area (Å²) in [6, 6.07) is 10.8. The number of para-hydroxylation sites is 2. The van der Waals surface area contributed by atoms with E-state index in [1.165, 1.54) is 34.4 Å². The molecule has 1 saturated heterocycles. The molecule has 2 aromatic carbocycles. The molecule has 190 valence electrons. The summed E-state index contributed by atoms with van der Waals surface area (Å²) in [6.45, 7) is 0.183. The van der Waals surface area contributed by atoms with Gasteiger partial charge in [0.05, 0.1) is 36.5 Å². The molecule has 4 aromatic rings. The van der Waals surface area contributed by atoms with Crippen LogP contribution >= 0.6 is 0 Å². The van der Waals surface area contributed by atoms with E-state index in [-0.39, 0.29) is 23.4 Å². The molecule has 0 spiro atoms. The van der Waals surface area contributed by atoms with E-state index >= 15 is 0 Å². The van der Waals surface area contributed by atoms with Gasteiger partial charge in [-0.05, 0) is 30.7 Å². The van der Waals surface area contributed by atoms with Gasteiger partial charge >= 0.3 is 11.9 Å². The van der Waals surface area contributed by atoms with Crippen molar-refractivity contribution in [2.24, 2.45) is 0 Å². The Morgan fingerprint density at radius 2 is 2.00 bits per heavy atom. The Morgan fingerprint density at radius 1 is 1.22 bits per heavy atom. The van der Waals surface area contributed by atoms with Crippen LogP contribution in [0.2, 0.25) is 0 Å². The monoisotopic (exact) mass is 512 g/mol. The van der Waals surface area contributed by atoms with Crippen molar-refractivity contribution < 1.29 is 22.3 Å². The Bertz CT molecular complexity index is 1590. The number of methoxy groups -OCH3 is 1. The number of fused-ring (bicyclic) bond motifs is 1. The molecule has 0 amide bonds. The standard InChI is InChI=1S/C25H20F4N6O2/c1-37-20-7-3-6-19-22(20)34(12-16-11-31-14-32-23(16)25(27,28)29)24(36)35(19)17-8-9-33(13-17)21-15(10-30)4-2-5-18(21)26/h2-7,11,14,17H,8-9,12-13H2,1H3/t17-/m1/s1. The van der Waals surface area contributed by atoms with Gasteiger partial charge in [-0.15, -0.1) is 0 Å². The van der Waals surface area contributed by atoms with Gasteiger partial charge in [0.25, 0.3) is 0 Å². The van der Waals surface area contributed by atoms with E-state index in [1.54, 1.807) is 23.1 Å². The maximum atomic E-state index is 14.6. The molecular weight excluding hydrogens is 492 g/mol. The number of anilines is 1. The zero-order valence-corrected chi connectivity index (χ0v) is 19.5. The molecule has 0 saturated carbocycles. The lowest BCUT2D eigenvalue weighted by Crippen LogP contribution is -2.30. The second-order valence-corrected chi connectivity index (χ2v) is 8.60. The van der Waals surface area contributed by atoms with Crippen molar-refractivity contribution in [3.8, 4) is 11.8 Å². The van der Waals surface area contributed by atoms with Crippen LogP contribution in [0.15, 0.2) is 53.7 Å². The second kappa shape index (κ2) is 9.24. The molecule has 12 heteroatoms. The van der Waals surface area contributed by atoms with Crippen molar-refractivity contribution in [3.05, 3.63) is 82.0 Å². The Hall–Kier alpha value is -4.40. The van der Waals surface area contributed by atoms with Crippen molar-refractivity contribution in [1.82, 2.24) is 19.1 Å². The van der Waals surface area contributed by atoms with Crippen LogP contribution in [0.25, 0.3) is 11.0 Å². The summed E-state index contributed by atoms with van der Waals surface area (Å²) < 4.78 is 63.6. The highest BCUT2D eigenvalue weighted by molar-refractivity contribution is 5.83. The van der Waals surface area contributed by atoms with E-state index in [0.29, 0.717) is 29.7 Å². The Labute approximate surface area is 208 Å². The van der Waals surface area contributed by atoms with Gasteiger partial charge in [-0.1, -0.05) is 12.1 Å². The smallest absolute Gasteiger partial charge is 0.433 e. The third-order valence-electron chi connectivity index (χ3n) is 6.50. The van der Waals surface area contributed by atoms with E-state index in [0.717, 1.165) is 12.5 Å². The molecule has 0 aliphatic carbocycles. The minimum Gasteiger partial charge on any atom is -0.494 e. The molecule has 1 aliphatic heterocycles. The third-order valence-corrected chi connectivity index (χ3v) is 6.50. The second-order valence-electron chi connectivity index (χ2n) is 8.60. The summed E-state index contributed by atoms with van der Waals surface area (Å²) in [5, 5.41) is 9.45. The third kappa shape index (κ3) is 4.16. The molecule has 5 rings (SSSR count). The van der Waals surface area contributed by atoms with Gasteiger partial charge < -0.3 is 9.64 Å². The van der Waals surface area contributed by atoms with Crippen LogP contribution in [-0.4, -0.2) is 39.3 Å². The Kier molecular flexibility index (Phi) is 6.07. The molecule has 1 fully saturated rings. The van der Waals surface area contributed by atoms with Gasteiger partial charge in [-0.25, -0.2) is 19.2 Å². The Morgan fingerprint density at radius 3 is 2.73 bits per heavy atom. The molecule has 0 unspecified atom stereocenters. The first-order chi connectivity index (χ1) is 17.7. The van der Waals surface area contributed by atoms with Crippen molar-refractivity contribution in [2.75, 3.05) is 25.1 Å². The van der Waals surface area contributed by atoms with Crippen molar-refractivity contribution in [1.29, 1.82) is 5.26 Å². The topological polar surface area (TPSA) is 89.0 Å². The maximum Gasteiger partial charge on any atom is 0.433 e. The molecule has 8 nitrogen and oxygen atoms in total. The van der Waals surface area contributed by atoms with E-state index < -0.39 is 36.0 Å². The maximum absolute atomic E-state index is 14.6. The summed E-state index contributed by atoms with van der Waals surface area (Å²) in [5.74, 6) is -0.227. The van der Waals surface area contributed by atoms with Crippen LogP contribution in [0.1, 0.15) is 29.3 Å². The largest absolute Gasteiger partial charge is 0.494 e. The first kappa shape index (κ1) is 24.3.